The molecule has 0 aromatic heterocycles. The first-order valence-corrected chi connectivity index (χ1v) is 8.97. The number of nitrogens with two attached hydrogens (primary N) is 1. The zero-order chi connectivity index (χ0) is 21.3. The highest BCUT2D eigenvalue weighted by atomic mass is 16.7. The van der Waals surface area contributed by atoms with Gasteiger partial charge in [0.2, 0.25) is 12.3 Å². The van der Waals surface area contributed by atoms with E-state index in [2.05, 4.69) is 4.99 Å². The Hall–Kier alpha value is -3.05. The summed E-state index contributed by atoms with van der Waals surface area (Å²) in [6.45, 7) is 3.07. The maximum atomic E-state index is 12.6. The first-order valence-electron chi connectivity index (χ1n) is 8.97. The Morgan fingerprint density at radius 2 is 1.79 bits per heavy atom. The van der Waals surface area contributed by atoms with Gasteiger partial charge < -0.3 is 24.7 Å². The van der Waals surface area contributed by atoms with E-state index in [1.807, 2.05) is 0 Å². The van der Waals surface area contributed by atoms with Gasteiger partial charge in [-0.15, -0.1) is 4.99 Å². The van der Waals surface area contributed by atoms with Crippen LogP contribution in [0.15, 0.2) is 29.4 Å². The Labute approximate surface area is 166 Å². The maximum absolute atomic E-state index is 12.6. The number of amidine groups is 1. The molecule has 3 heterocycles. The van der Waals surface area contributed by atoms with Crippen molar-refractivity contribution in [3.05, 3.63) is 24.4 Å². The first kappa shape index (κ1) is 20.7. The van der Waals surface area contributed by atoms with E-state index in [-0.39, 0.29) is 18.4 Å². The number of rotatable bonds is 4. The van der Waals surface area contributed by atoms with Gasteiger partial charge in [-0.3, -0.25) is 4.79 Å². The molecule has 11 heteroatoms. The highest BCUT2D eigenvalue weighted by Gasteiger charge is 2.60. The van der Waals surface area contributed by atoms with E-state index in [9.17, 15) is 19.2 Å². The molecule has 2 N–H and O–H groups in total. The van der Waals surface area contributed by atoms with Crippen LogP contribution in [0.4, 0.5) is 4.79 Å². The van der Waals surface area contributed by atoms with Crippen molar-refractivity contribution in [2.75, 3.05) is 13.7 Å². The van der Waals surface area contributed by atoms with Crippen molar-refractivity contribution in [1.82, 2.24) is 0 Å². The minimum Gasteiger partial charge on any atom is -0.463 e. The zero-order valence-electron chi connectivity index (χ0n) is 16.1. The largest absolute Gasteiger partial charge is 0.463 e. The van der Waals surface area contributed by atoms with Gasteiger partial charge in [0.25, 0.3) is 0 Å². The van der Waals surface area contributed by atoms with Gasteiger partial charge in [0.05, 0.1) is 13.0 Å². The van der Waals surface area contributed by atoms with Gasteiger partial charge in [-0.2, -0.15) is 4.48 Å². The number of fused-ring (bicyclic) bond motifs is 1. The summed E-state index contributed by atoms with van der Waals surface area (Å²) in [4.78, 5) is 52.2. The fourth-order valence-corrected chi connectivity index (χ4v) is 3.10. The Morgan fingerprint density at radius 1 is 1.17 bits per heavy atom. The van der Waals surface area contributed by atoms with Crippen molar-refractivity contribution in [3.63, 3.8) is 0 Å². The third-order valence-corrected chi connectivity index (χ3v) is 4.73. The molecule has 3 aliphatic rings. The quantitative estimate of drug-likeness (QED) is 0.378. The fourth-order valence-electron chi connectivity index (χ4n) is 3.10. The second-order valence-corrected chi connectivity index (χ2v) is 7.27. The first-order chi connectivity index (χ1) is 13.6. The van der Waals surface area contributed by atoms with Gasteiger partial charge in [0.15, 0.2) is 6.10 Å². The highest BCUT2D eigenvalue weighted by Crippen LogP contribution is 2.35. The summed E-state index contributed by atoms with van der Waals surface area (Å²) in [6.07, 6.45) is 0.402. The molecule has 0 aromatic rings. The molecule has 3 aliphatic heterocycles. The topological polar surface area (TPSA) is 144 Å². The van der Waals surface area contributed by atoms with E-state index < -0.39 is 53.0 Å². The fraction of sp³-hybridized carbons (Fsp3) is 0.500. The number of urea groups is 1. The average molecular weight is 408 g/mol. The highest BCUT2D eigenvalue weighted by molar-refractivity contribution is 5.99. The van der Waals surface area contributed by atoms with Crippen LogP contribution in [0.2, 0.25) is 0 Å². The molecule has 156 valence electrons. The Kier molecular flexibility index (Phi) is 5.53. The number of aliphatic imine (C=N–C) groups is 1. The maximum Gasteiger partial charge on any atom is 0.451 e. The van der Waals surface area contributed by atoms with E-state index in [0.29, 0.717) is 0 Å². The lowest BCUT2D eigenvalue weighted by atomic mass is 10.1. The number of nitrogens with zero attached hydrogens (tertiary/aromatic N) is 2. The lowest BCUT2D eigenvalue weighted by Gasteiger charge is -2.34. The Balaban J connectivity index is 1.92. The number of esters is 3. The van der Waals surface area contributed by atoms with Gasteiger partial charge in [0, 0.05) is 18.2 Å². The number of hydrogen-bond acceptors (Lipinski definition) is 9. The number of amides is 2. The molecule has 29 heavy (non-hydrogen) atoms. The molecule has 11 nitrogen and oxygen atoms in total. The molecule has 0 aromatic carbocycles. The summed E-state index contributed by atoms with van der Waals surface area (Å²) in [6, 6.07) is -0.659. The standard InChI is InChI=1S/C18H21N3O8/c1-9(2)17(24)26-8-10-14-15(29-13(23)5-4-12(22)28-14)16(27-10)21(3)7-6-11(19)20-18(21)25/h4-7,9-10,14-16H,8H2,1-3H3,(H-,19,20,25)/p+1/b5-4-/t10-,14?,15+,16-,21?/m1/s1. The summed E-state index contributed by atoms with van der Waals surface area (Å²) in [5.74, 6) is -2.42. The zero-order valence-corrected chi connectivity index (χ0v) is 16.1. The smallest absolute Gasteiger partial charge is 0.451 e. The molecule has 3 rings (SSSR count). The van der Waals surface area contributed by atoms with Crippen LogP contribution < -0.4 is 5.73 Å². The second-order valence-electron chi connectivity index (χ2n) is 7.27. The minimum atomic E-state index is -1.15. The van der Waals surface area contributed by atoms with Crippen LogP contribution in [-0.2, 0) is 33.3 Å². The summed E-state index contributed by atoms with van der Waals surface area (Å²) in [5.41, 5.74) is 5.57. The van der Waals surface area contributed by atoms with Crippen molar-refractivity contribution in [2.45, 2.75) is 38.4 Å². The second kappa shape index (κ2) is 7.76. The lowest BCUT2D eigenvalue weighted by molar-refractivity contribution is -0.834. The van der Waals surface area contributed by atoms with Gasteiger partial charge in [0.1, 0.15) is 24.7 Å². The number of hydrogen-bond donors (Lipinski definition) is 1. The molecule has 5 atom stereocenters. The SMILES string of the molecule is CC(C)C(=O)OC[C@H]1O[C@@H]([N+]2(C)C=CC(N)=NC2=O)[C@H]2OC(=O)/C=C\C(=O)OC12. The van der Waals surface area contributed by atoms with Gasteiger partial charge in [-0.1, -0.05) is 13.8 Å². The molecular formula is C18H22N3O8+. The monoisotopic (exact) mass is 408 g/mol. The van der Waals surface area contributed by atoms with Crippen LogP contribution in [0, 0.1) is 5.92 Å². The molecule has 0 aliphatic carbocycles. The third-order valence-electron chi connectivity index (χ3n) is 4.73. The molecule has 0 saturated carbocycles. The van der Waals surface area contributed by atoms with E-state index >= 15 is 0 Å². The lowest BCUT2D eigenvalue weighted by Crippen LogP contribution is -2.58. The summed E-state index contributed by atoms with van der Waals surface area (Å²) in [5, 5.41) is 0. The predicted molar refractivity (Wildman–Crippen MR) is 95.7 cm³/mol. The summed E-state index contributed by atoms with van der Waals surface area (Å²) in [7, 11) is 1.49. The van der Waals surface area contributed by atoms with Crippen LogP contribution in [0.1, 0.15) is 13.8 Å². The molecule has 0 bridgehead atoms. The van der Waals surface area contributed by atoms with Crippen molar-refractivity contribution >= 4 is 29.8 Å². The van der Waals surface area contributed by atoms with Gasteiger partial charge in [-0.05, 0) is 0 Å². The predicted octanol–water partition coefficient (Wildman–Crippen LogP) is -0.245. The third kappa shape index (κ3) is 4.05. The van der Waals surface area contributed by atoms with Gasteiger partial charge >= 0.3 is 23.9 Å². The van der Waals surface area contributed by atoms with Crippen LogP contribution in [-0.4, -0.2) is 72.5 Å². The van der Waals surface area contributed by atoms with Crippen molar-refractivity contribution < 1.29 is 42.6 Å². The summed E-state index contributed by atoms with van der Waals surface area (Å²) < 4.78 is 21.4. The Bertz CT molecular complexity index is 833. The van der Waals surface area contributed by atoms with Crippen LogP contribution >= 0.6 is 0 Å². The molecule has 1 saturated heterocycles. The van der Waals surface area contributed by atoms with Crippen molar-refractivity contribution in [3.8, 4) is 0 Å². The number of ether oxygens (including phenoxy) is 4. The molecule has 1 fully saturated rings. The van der Waals surface area contributed by atoms with E-state index in [0.717, 1.165) is 12.2 Å². The van der Waals surface area contributed by atoms with E-state index in [4.69, 9.17) is 24.7 Å². The molecule has 0 radical (unpaired) electrons. The van der Waals surface area contributed by atoms with Crippen LogP contribution in [0.25, 0.3) is 0 Å². The van der Waals surface area contributed by atoms with E-state index in [1.54, 1.807) is 13.8 Å². The molecular weight excluding hydrogens is 386 g/mol. The van der Waals surface area contributed by atoms with Crippen LogP contribution in [0.3, 0.4) is 0 Å². The molecule has 2 amide bonds. The minimum absolute atomic E-state index is 0.0200. The van der Waals surface area contributed by atoms with Crippen molar-refractivity contribution in [2.24, 2.45) is 16.6 Å². The number of carbonyl (C=O) groups excluding carboxylic acids is 4. The molecule has 2 unspecified atom stereocenters. The van der Waals surface area contributed by atoms with E-state index in [1.165, 1.54) is 19.3 Å². The number of carbonyl (C=O) groups is 4. The number of likely N-dealkylation sites (N-methyl/N-ethyl adjacent to an activating group) is 1. The van der Waals surface area contributed by atoms with Crippen molar-refractivity contribution in [1.29, 1.82) is 0 Å². The normalized spacial score (nSPS) is 35.2. The average Bonchev–Trinajstić information content (AvgIpc) is 2.97. The Morgan fingerprint density at radius 3 is 2.38 bits per heavy atom. The molecule has 0 spiro atoms. The van der Waals surface area contributed by atoms with Gasteiger partial charge in [-0.25, -0.2) is 14.4 Å². The summed E-state index contributed by atoms with van der Waals surface area (Å²) >= 11 is 0. The van der Waals surface area contributed by atoms with Crippen LogP contribution in [0.5, 0.6) is 0 Å². The number of quaternary nitrogens is 1.